The molecule has 0 bridgehead atoms. The highest BCUT2D eigenvalue weighted by Gasteiger charge is 2.09. The normalized spacial score (nSPS) is 11.5. The molecular formula is C19H20N2OS. The van der Waals surface area contributed by atoms with Gasteiger partial charge in [0.25, 0.3) is 0 Å². The number of hydrogen-bond acceptors (Lipinski definition) is 3. The number of carbonyl (C=O) groups excluding carboxylic acids is 1. The summed E-state index contributed by atoms with van der Waals surface area (Å²) in [6, 6.07) is 17.7. The van der Waals surface area contributed by atoms with Crippen LogP contribution in [0.2, 0.25) is 0 Å². The van der Waals surface area contributed by atoms with Gasteiger partial charge in [-0.1, -0.05) is 42.0 Å². The van der Waals surface area contributed by atoms with E-state index >= 15 is 0 Å². The molecule has 0 heterocycles. The molecule has 0 aliphatic rings. The molecule has 0 aliphatic heterocycles. The van der Waals surface area contributed by atoms with Crippen LogP contribution in [0.3, 0.4) is 0 Å². The number of nitrogens with one attached hydrogen (secondary N) is 1. The minimum absolute atomic E-state index is 0.0273. The first-order chi connectivity index (χ1) is 11.1. The van der Waals surface area contributed by atoms with Gasteiger partial charge in [0.05, 0.1) is 23.4 Å². The van der Waals surface area contributed by atoms with Gasteiger partial charge < -0.3 is 5.32 Å². The number of rotatable bonds is 6. The minimum atomic E-state index is -0.0604. The standard InChI is InChI=1S/C19H20N2OS/c1-14-4-3-5-17(10-14)12-23-13-19(22)21-15(2)18-8-6-16(11-20)7-9-18/h3-10,15H,12-13H2,1-2H3,(H,21,22). The van der Waals surface area contributed by atoms with Crippen molar-refractivity contribution < 1.29 is 4.79 Å². The lowest BCUT2D eigenvalue weighted by molar-refractivity contribution is -0.119. The molecule has 2 aromatic carbocycles. The van der Waals surface area contributed by atoms with Crippen LogP contribution in [0, 0.1) is 18.3 Å². The lowest BCUT2D eigenvalue weighted by atomic mass is 10.1. The second-order valence-electron chi connectivity index (χ2n) is 5.50. The molecule has 2 aromatic rings. The van der Waals surface area contributed by atoms with Crippen LogP contribution >= 0.6 is 11.8 Å². The molecule has 1 atom stereocenters. The van der Waals surface area contributed by atoms with Gasteiger partial charge in [0.15, 0.2) is 0 Å². The quantitative estimate of drug-likeness (QED) is 0.874. The first-order valence-electron chi connectivity index (χ1n) is 7.51. The summed E-state index contributed by atoms with van der Waals surface area (Å²) in [5, 5.41) is 11.8. The molecule has 4 heteroatoms. The molecule has 0 spiro atoms. The van der Waals surface area contributed by atoms with E-state index in [-0.39, 0.29) is 11.9 Å². The number of hydrogen-bond donors (Lipinski definition) is 1. The largest absolute Gasteiger partial charge is 0.349 e. The Bertz CT molecular complexity index is 704. The molecule has 2 rings (SSSR count). The van der Waals surface area contributed by atoms with Gasteiger partial charge in [-0.2, -0.15) is 5.26 Å². The zero-order chi connectivity index (χ0) is 16.7. The zero-order valence-corrected chi connectivity index (χ0v) is 14.2. The second kappa shape index (κ2) is 8.40. The summed E-state index contributed by atoms with van der Waals surface area (Å²) in [7, 11) is 0. The van der Waals surface area contributed by atoms with Crippen molar-refractivity contribution in [2.24, 2.45) is 0 Å². The molecule has 23 heavy (non-hydrogen) atoms. The SMILES string of the molecule is Cc1cccc(CSCC(=O)NC(C)c2ccc(C#N)cc2)c1. The number of aryl methyl sites for hydroxylation is 1. The van der Waals surface area contributed by atoms with Crippen molar-refractivity contribution >= 4 is 17.7 Å². The molecule has 1 N–H and O–H groups in total. The molecule has 0 fully saturated rings. The predicted octanol–water partition coefficient (Wildman–Crippen LogP) is 3.98. The Morgan fingerprint density at radius 1 is 1.26 bits per heavy atom. The highest BCUT2D eigenvalue weighted by Crippen LogP contribution is 2.15. The molecule has 0 aliphatic carbocycles. The molecule has 0 saturated carbocycles. The van der Waals surface area contributed by atoms with Gasteiger partial charge in [-0.05, 0) is 37.1 Å². The van der Waals surface area contributed by atoms with Gasteiger partial charge in [-0.15, -0.1) is 11.8 Å². The van der Waals surface area contributed by atoms with Crippen LogP contribution in [0.15, 0.2) is 48.5 Å². The van der Waals surface area contributed by atoms with E-state index in [1.54, 1.807) is 23.9 Å². The predicted molar refractivity (Wildman–Crippen MR) is 95.1 cm³/mol. The van der Waals surface area contributed by atoms with E-state index in [1.807, 2.05) is 25.1 Å². The van der Waals surface area contributed by atoms with Crippen molar-refractivity contribution in [1.82, 2.24) is 5.32 Å². The Morgan fingerprint density at radius 3 is 2.65 bits per heavy atom. The first kappa shape index (κ1) is 17.1. The summed E-state index contributed by atoms with van der Waals surface area (Å²) in [6.45, 7) is 4.02. The maximum absolute atomic E-state index is 12.0. The van der Waals surface area contributed by atoms with E-state index in [0.717, 1.165) is 11.3 Å². The van der Waals surface area contributed by atoms with Crippen molar-refractivity contribution in [1.29, 1.82) is 5.26 Å². The fraction of sp³-hybridized carbons (Fsp3) is 0.263. The fourth-order valence-electron chi connectivity index (χ4n) is 2.28. The van der Waals surface area contributed by atoms with Gasteiger partial charge in [0.2, 0.25) is 5.91 Å². The third-order valence-electron chi connectivity index (χ3n) is 3.50. The molecule has 0 saturated heterocycles. The minimum Gasteiger partial charge on any atom is -0.349 e. The van der Waals surface area contributed by atoms with Crippen LogP contribution in [-0.4, -0.2) is 11.7 Å². The van der Waals surface area contributed by atoms with Gasteiger partial charge in [0, 0.05) is 5.75 Å². The number of carbonyl (C=O) groups is 1. The van der Waals surface area contributed by atoms with Crippen molar-refractivity contribution in [3.63, 3.8) is 0 Å². The number of amides is 1. The van der Waals surface area contributed by atoms with Crippen LogP contribution in [0.1, 0.15) is 35.2 Å². The fourth-order valence-corrected chi connectivity index (χ4v) is 3.06. The van der Waals surface area contributed by atoms with Gasteiger partial charge in [-0.25, -0.2) is 0 Å². The van der Waals surface area contributed by atoms with Crippen molar-refractivity contribution in [2.45, 2.75) is 25.6 Å². The van der Waals surface area contributed by atoms with Crippen LogP contribution in [0.25, 0.3) is 0 Å². The highest BCUT2D eigenvalue weighted by molar-refractivity contribution is 7.99. The number of nitrogens with zero attached hydrogens (tertiary/aromatic N) is 1. The van der Waals surface area contributed by atoms with Crippen LogP contribution in [0.5, 0.6) is 0 Å². The number of nitriles is 1. The van der Waals surface area contributed by atoms with Crippen LogP contribution in [-0.2, 0) is 10.5 Å². The van der Waals surface area contributed by atoms with Crippen LogP contribution in [0.4, 0.5) is 0 Å². The maximum Gasteiger partial charge on any atom is 0.230 e. The highest BCUT2D eigenvalue weighted by atomic mass is 32.2. The average molecular weight is 324 g/mol. The summed E-state index contributed by atoms with van der Waals surface area (Å²) in [5.74, 6) is 1.30. The molecule has 0 aromatic heterocycles. The Labute approximate surface area is 141 Å². The molecular weight excluding hydrogens is 304 g/mol. The zero-order valence-electron chi connectivity index (χ0n) is 13.4. The summed E-state index contributed by atoms with van der Waals surface area (Å²) in [4.78, 5) is 12.0. The Kier molecular flexibility index (Phi) is 6.25. The Balaban J connectivity index is 1.78. The molecule has 0 radical (unpaired) electrons. The molecule has 118 valence electrons. The monoisotopic (exact) mass is 324 g/mol. The van der Waals surface area contributed by atoms with Crippen molar-refractivity contribution in [2.75, 3.05) is 5.75 Å². The van der Waals surface area contributed by atoms with E-state index in [0.29, 0.717) is 11.3 Å². The Hall–Kier alpha value is -2.25. The summed E-state index contributed by atoms with van der Waals surface area (Å²) >= 11 is 1.61. The molecule has 3 nitrogen and oxygen atoms in total. The van der Waals surface area contributed by atoms with Gasteiger partial charge in [-0.3, -0.25) is 4.79 Å². The van der Waals surface area contributed by atoms with E-state index in [1.165, 1.54) is 11.1 Å². The van der Waals surface area contributed by atoms with E-state index < -0.39 is 0 Å². The Morgan fingerprint density at radius 2 is 2.00 bits per heavy atom. The summed E-state index contributed by atoms with van der Waals surface area (Å²) in [6.07, 6.45) is 0. The van der Waals surface area contributed by atoms with Crippen LogP contribution < -0.4 is 5.32 Å². The summed E-state index contributed by atoms with van der Waals surface area (Å²) in [5.41, 5.74) is 4.10. The van der Waals surface area contributed by atoms with Gasteiger partial charge in [0.1, 0.15) is 0 Å². The van der Waals surface area contributed by atoms with E-state index in [9.17, 15) is 4.79 Å². The summed E-state index contributed by atoms with van der Waals surface area (Å²) < 4.78 is 0. The lowest BCUT2D eigenvalue weighted by Gasteiger charge is -2.14. The number of benzene rings is 2. The van der Waals surface area contributed by atoms with Crippen molar-refractivity contribution in [3.05, 3.63) is 70.8 Å². The molecule has 1 amide bonds. The third-order valence-corrected chi connectivity index (χ3v) is 4.51. The van der Waals surface area contributed by atoms with E-state index in [2.05, 4.69) is 36.5 Å². The van der Waals surface area contributed by atoms with E-state index in [4.69, 9.17) is 5.26 Å². The number of thioether (sulfide) groups is 1. The van der Waals surface area contributed by atoms with Gasteiger partial charge >= 0.3 is 0 Å². The van der Waals surface area contributed by atoms with Crippen molar-refractivity contribution in [3.8, 4) is 6.07 Å². The lowest BCUT2D eigenvalue weighted by Crippen LogP contribution is -2.28. The third kappa shape index (κ3) is 5.46. The second-order valence-corrected chi connectivity index (χ2v) is 6.49. The first-order valence-corrected chi connectivity index (χ1v) is 8.66. The average Bonchev–Trinajstić information content (AvgIpc) is 2.55. The topological polar surface area (TPSA) is 52.9 Å². The smallest absolute Gasteiger partial charge is 0.230 e. The molecule has 1 unspecified atom stereocenters. The maximum atomic E-state index is 12.0.